The van der Waals surface area contributed by atoms with Gasteiger partial charge in [-0.3, -0.25) is 4.79 Å². The number of carbonyl (C=O) groups is 1. The van der Waals surface area contributed by atoms with Crippen molar-refractivity contribution < 1.29 is 13.9 Å². The van der Waals surface area contributed by atoms with Gasteiger partial charge in [0.25, 0.3) is 0 Å². The number of rotatable bonds is 5. The maximum Gasteiger partial charge on any atom is 0.223 e. The summed E-state index contributed by atoms with van der Waals surface area (Å²) < 4.78 is 19.3. The Morgan fingerprint density at radius 1 is 1.26 bits per heavy atom. The molecule has 0 bridgehead atoms. The van der Waals surface area contributed by atoms with Gasteiger partial charge in [0.05, 0.1) is 24.4 Å². The van der Waals surface area contributed by atoms with Crippen LogP contribution in [0.3, 0.4) is 0 Å². The van der Waals surface area contributed by atoms with Crippen LogP contribution in [0.2, 0.25) is 0 Å². The largest absolute Gasteiger partial charge is 0.497 e. The SMILES string of the molecule is COc1ccc(CNC(=O)C2CCN(c3ccc(C#N)cc3F)CC2)cc1. The first-order valence-corrected chi connectivity index (χ1v) is 8.96. The van der Waals surface area contributed by atoms with Crippen LogP contribution in [0.5, 0.6) is 5.75 Å². The third-order valence-electron chi connectivity index (χ3n) is 4.91. The molecule has 1 fully saturated rings. The summed E-state index contributed by atoms with van der Waals surface area (Å²) >= 11 is 0. The highest BCUT2D eigenvalue weighted by Gasteiger charge is 2.26. The maximum absolute atomic E-state index is 14.2. The van der Waals surface area contributed by atoms with Crippen molar-refractivity contribution in [3.8, 4) is 11.8 Å². The van der Waals surface area contributed by atoms with Gasteiger partial charge in [-0.15, -0.1) is 0 Å². The standard InChI is InChI=1S/C21H22FN3O2/c1-27-18-5-2-15(3-6-18)14-24-21(26)17-8-10-25(11-9-17)20-7-4-16(13-23)12-19(20)22/h2-7,12,17H,8-11,14H2,1H3,(H,24,26). The highest BCUT2D eigenvalue weighted by molar-refractivity contribution is 5.79. The van der Waals surface area contributed by atoms with Crippen LogP contribution in [0.15, 0.2) is 42.5 Å². The number of carbonyl (C=O) groups excluding carboxylic acids is 1. The van der Waals surface area contributed by atoms with E-state index in [0.717, 1.165) is 11.3 Å². The van der Waals surface area contributed by atoms with Crippen LogP contribution in [-0.4, -0.2) is 26.1 Å². The van der Waals surface area contributed by atoms with E-state index in [0.29, 0.717) is 43.7 Å². The fraction of sp³-hybridized carbons (Fsp3) is 0.333. The molecule has 27 heavy (non-hydrogen) atoms. The molecule has 1 aliphatic heterocycles. The Labute approximate surface area is 158 Å². The predicted molar refractivity (Wildman–Crippen MR) is 101 cm³/mol. The molecule has 0 radical (unpaired) electrons. The molecule has 1 amide bonds. The summed E-state index contributed by atoms with van der Waals surface area (Å²) in [6.45, 7) is 1.71. The Hall–Kier alpha value is -3.07. The Kier molecular flexibility index (Phi) is 5.92. The number of hydrogen-bond donors (Lipinski definition) is 1. The highest BCUT2D eigenvalue weighted by Crippen LogP contribution is 2.26. The van der Waals surface area contributed by atoms with Crippen molar-refractivity contribution in [2.24, 2.45) is 5.92 Å². The fourth-order valence-electron chi connectivity index (χ4n) is 3.29. The highest BCUT2D eigenvalue weighted by atomic mass is 19.1. The van der Waals surface area contributed by atoms with Crippen LogP contribution in [0.4, 0.5) is 10.1 Å². The summed E-state index contributed by atoms with van der Waals surface area (Å²) in [7, 11) is 1.62. The zero-order valence-corrected chi connectivity index (χ0v) is 15.2. The number of methoxy groups -OCH3 is 1. The monoisotopic (exact) mass is 367 g/mol. The molecule has 0 aromatic heterocycles. The van der Waals surface area contributed by atoms with E-state index < -0.39 is 5.82 Å². The van der Waals surface area contributed by atoms with Crippen LogP contribution in [0.25, 0.3) is 0 Å². The molecule has 0 atom stereocenters. The minimum atomic E-state index is -0.392. The first kappa shape index (κ1) is 18.7. The van der Waals surface area contributed by atoms with Crippen molar-refractivity contribution in [1.82, 2.24) is 5.32 Å². The molecule has 1 saturated heterocycles. The van der Waals surface area contributed by atoms with E-state index in [1.54, 1.807) is 19.2 Å². The van der Waals surface area contributed by atoms with Crippen molar-refractivity contribution in [1.29, 1.82) is 5.26 Å². The number of nitrogens with zero attached hydrogens (tertiary/aromatic N) is 2. The molecule has 0 spiro atoms. The number of hydrogen-bond acceptors (Lipinski definition) is 4. The average Bonchev–Trinajstić information content (AvgIpc) is 2.72. The minimum Gasteiger partial charge on any atom is -0.497 e. The molecule has 1 heterocycles. The van der Waals surface area contributed by atoms with Gasteiger partial charge < -0.3 is 15.0 Å². The van der Waals surface area contributed by atoms with Gasteiger partial charge in [0.15, 0.2) is 0 Å². The first-order valence-electron chi connectivity index (χ1n) is 8.96. The molecule has 1 N–H and O–H groups in total. The molecule has 0 aliphatic carbocycles. The molecule has 140 valence electrons. The number of nitriles is 1. The Balaban J connectivity index is 1.51. The first-order chi connectivity index (χ1) is 13.1. The molecule has 3 rings (SSSR count). The van der Waals surface area contributed by atoms with Crippen LogP contribution >= 0.6 is 0 Å². The van der Waals surface area contributed by atoms with Gasteiger partial charge in [0.1, 0.15) is 11.6 Å². The van der Waals surface area contributed by atoms with Crippen LogP contribution < -0.4 is 15.0 Å². The van der Waals surface area contributed by atoms with E-state index in [2.05, 4.69) is 5.32 Å². The lowest BCUT2D eigenvalue weighted by Crippen LogP contribution is -2.40. The summed E-state index contributed by atoms with van der Waals surface area (Å²) in [5.74, 6) is 0.357. The van der Waals surface area contributed by atoms with Crippen molar-refractivity contribution in [3.63, 3.8) is 0 Å². The summed E-state index contributed by atoms with van der Waals surface area (Å²) in [6.07, 6.45) is 1.35. The average molecular weight is 367 g/mol. The van der Waals surface area contributed by atoms with E-state index in [1.807, 2.05) is 35.2 Å². The van der Waals surface area contributed by atoms with Crippen LogP contribution in [0.1, 0.15) is 24.0 Å². The second kappa shape index (κ2) is 8.54. The van der Waals surface area contributed by atoms with E-state index in [9.17, 15) is 9.18 Å². The number of amides is 1. The number of benzene rings is 2. The van der Waals surface area contributed by atoms with E-state index >= 15 is 0 Å². The Morgan fingerprint density at radius 2 is 1.96 bits per heavy atom. The molecule has 2 aromatic carbocycles. The molecule has 1 aliphatic rings. The van der Waals surface area contributed by atoms with Gasteiger partial charge in [-0.2, -0.15) is 5.26 Å². The van der Waals surface area contributed by atoms with E-state index in [-0.39, 0.29) is 11.8 Å². The number of nitrogens with one attached hydrogen (secondary N) is 1. The summed E-state index contributed by atoms with van der Waals surface area (Å²) in [4.78, 5) is 14.4. The molecular formula is C21H22FN3O2. The summed E-state index contributed by atoms with van der Waals surface area (Å²) in [5, 5.41) is 11.8. The molecular weight excluding hydrogens is 345 g/mol. The fourth-order valence-corrected chi connectivity index (χ4v) is 3.29. The summed E-state index contributed by atoms with van der Waals surface area (Å²) in [6, 6.07) is 14.0. The number of halogens is 1. The second-order valence-corrected chi connectivity index (χ2v) is 6.61. The minimum absolute atomic E-state index is 0.0331. The van der Waals surface area contributed by atoms with Gasteiger partial charge >= 0.3 is 0 Å². The van der Waals surface area contributed by atoms with E-state index in [1.165, 1.54) is 6.07 Å². The lowest BCUT2D eigenvalue weighted by molar-refractivity contribution is -0.125. The summed E-state index contributed by atoms with van der Waals surface area (Å²) in [5.41, 5.74) is 1.82. The number of piperidine rings is 1. The quantitative estimate of drug-likeness (QED) is 0.881. The normalized spacial score (nSPS) is 14.5. The molecule has 0 saturated carbocycles. The van der Waals surface area contributed by atoms with Crippen molar-refractivity contribution in [2.45, 2.75) is 19.4 Å². The van der Waals surface area contributed by atoms with Crippen LogP contribution in [-0.2, 0) is 11.3 Å². The molecule has 0 unspecified atom stereocenters. The van der Waals surface area contributed by atoms with Gasteiger partial charge in [0, 0.05) is 25.6 Å². The van der Waals surface area contributed by atoms with Crippen molar-refractivity contribution in [2.75, 3.05) is 25.1 Å². The smallest absolute Gasteiger partial charge is 0.223 e. The van der Waals surface area contributed by atoms with Gasteiger partial charge in [-0.1, -0.05) is 12.1 Å². The molecule has 5 nitrogen and oxygen atoms in total. The van der Waals surface area contributed by atoms with Crippen molar-refractivity contribution >= 4 is 11.6 Å². The number of ether oxygens (including phenoxy) is 1. The third kappa shape index (κ3) is 4.56. The second-order valence-electron chi connectivity index (χ2n) is 6.61. The maximum atomic E-state index is 14.2. The zero-order chi connectivity index (χ0) is 19.2. The van der Waals surface area contributed by atoms with E-state index in [4.69, 9.17) is 10.00 Å². The lowest BCUT2D eigenvalue weighted by atomic mass is 9.95. The Bertz CT molecular complexity index is 837. The van der Waals surface area contributed by atoms with Gasteiger partial charge in [-0.25, -0.2) is 4.39 Å². The number of anilines is 1. The predicted octanol–water partition coefficient (Wildman–Crippen LogP) is 3.24. The van der Waals surface area contributed by atoms with Crippen molar-refractivity contribution in [3.05, 3.63) is 59.4 Å². The van der Waals surface area contributed by atoms with Gasteiger partial charge in [-0.05, 0) is 48.7 Å². The molecule has 6 heteroatoms. The topological polar surface area (TPSA) is 65.4 Å². The van der Waals surface area contributed by atoms with Crippen LogP contribution in [0, 0.1) is 23.1 Å². The Morgan fingerprint density at radius 3 is 2.56 bits per heavy atom. The molecule has 2 aromatic rings. The van der Waals surface area contributed by atoms with Gasteiger partial charge in [0.2, 0.25) is 5.91 Å². The lowest BCUT2D eigenvalue weighted by Gasteiger charge is -2.33. The third-order valence-corrected chi connectivity index (χ3v) is 4.91. The zero-order valence-electron chi connectivity index (χ0n) is 15.2.